The summed E-state index contributed by atoms with van der Waals surface area (Å²) in [7, 11) is 0. The van der Waals surface area contributed by atoms with Crippen LogP contribution >= 0.6 is 0 Å². The summed E-state index contributed by atoms with van der Waals surface area (Å²) in [6, 6.07) is 7.28. The van der Waals surface area contributed by atoms with E-state index in [1.165, 1.54) is 38.2 Å². The van der Waals surface area contributed by atoms with E-state index < -0.39 is 6.10 Å². The van der Waals surface area contributed by atoms with Crippen molar-refractivity contribution < 1.29 is 9.50 Å². The van der Waals surface area contributed by atoms with E-state index in [0.29, 0.717) is 12.0 Å². The third-order valence-corrected chi connectivity index (χ3v) is 5.08. The highest BCUT2D eigenvalue weighted by Crippen LogP contribution is 2.36. The monoisotopic (exact) mass is 277 g/mol. The Bertz CT molecular complexity index is 450. The number of benzene rings is 1. The fourth-order valence-electron chi connectivity index (χ4n) is 3.97. The zero-order valence-corrected chi connectivity index (χ0v) is 12.0. The Morgan fingerprint density at radius 1 is 1.20 bits per heavy atom. The van der Waals surface area contributed by atoms with Gasteiger partial charge in [0, 0.05) is 18.2 Å². The lowest BCUT2D eigenvalue weighted by atomic mass is 9.85. The van der Waals surface area contributed by atoms with Gasteiger partial charge in [-0.3, -0.25) is 4.90 Å². The molecule has 2 aliphatic rings. The maximum atomic E-state index is 13.6. The molecule has 0 radical (unpaired) electrons. The van der Waals surface area contributed by atoms with Crippen LogP contribution < -0.4 is 0 Å². The first kappa shape index (κ1) is 14.0. The second-order valence-electron chi connectivity index (χ2n) is 6.26. The molecular weight excluding hydrogens is 253 g/mol. The number of aliphatic hydroxyl groups excluding tert-OH is 1. The van der Waals surface area contributed by atoms with Crippen LogP contribution in [0.25, 0.3) is 0 Å². The highest BCUT2D eigenvalue weighted by molar-refractivity contribution is 5.19. The minimum absolute atomic E-state index is 0.294. The van der Waals surface area contributed by atoms with Crippen LogP contribution in [-0.2, 0) is 0 Å². The third kappa shape index (κ3) is 2.89. The number of likely N-dealkylation sites (tertiary alicyclic amines) is 1. The largest absolute Gasteiger partial charge is 0.388 e. The third-order valence-electron chi connectivity index (χ3n) is 5.08. The van der Waals surface area contributed by atoms with Crippen LogP contribution in [0.3, 0.4) is 0 Å². The first-order valence-corrected chi connectivity index (χ1v) is 7.92. The Morgan fingerprint density at radius 3 is 2.85 bits per heavy atom. The molecule has 3 atom stereocenters. The molecule has 0 spiro atoms. The van der Waals surface area contributed by atoms with E-state index in [-0.39, 0.29) is 5.82 Å². The van der Waals surface area contributed by atoms with E-state index in [2.05, 4.69) is 4.90 Å². The Balaban J connectivity index is 1.56. The second kappa shape index (κ2) is 6.23. The zero-order chi connectivity index (χ0) is 13.9. The van der Waals surface area contributed by atoms with Crippen LogP contribution in [0.4, 0.5) is 4.39 Å². The van der Waals surface area contributed by atoms with E-state index in [1.807, 2.05) is 0 Å². The van der Waals surface area contributed by atoms with Gasteiger partial charge in [0.1, 0.15) is 5.82 Å². The normalized spacial score (nSPS) is 28.3. The molecule has 1 aliphatic carbocycles. The lowest BCUT2D eigenvalue weighted by molar-refractivity contribution is 0.120. The zero-order valence-electron chi connectivity index (χ0n) is 12.0. The molecule has 0 aromatic heterocycles. The summed E-state index contributed by atoms with van der Waals surface area (Å²) in [4.78, 5) is 2.52. The lowest BCUT2D eigenvalue weighted by Gasteiger charge is -2.32. The maximum absolute atomic E-state index is 13.6. The molecule has 1 aliphatic heterocycles. The number of fused-ring (bicyclic) bond motifs is 1. The Labute approximate surface area is 120 Å². The molecule has 3 heteroatoms. The van der Waals surface area contributed by atoms with Crippen molar-refractivity contribution in [2.75, 3.05) is 13.1 Å². The minimum Gasteiger partial charge on any atom is -0.388 e. The lowest BCUT2D eigenvalue weighted by Crippen LogP contribution is -2.35. The molecule has 2 nitrogen and oxygen atoms in total. The topological polar surface area (TPSA) is 23.5 Å². The van der Waals surface area contributed by atoms with Gasteiger partial charge in [-0.2, -0.15) is 0 Å². The fourth-order valence-corrected chi connectivity index (χ4v) is 3.97. The van der Waals surface area contributed by atoms with Crippen molar-refractivity contribution in [3.05, 3.63) is 35.6 Å². The van der Waals surface area contributed by atoms with E-state index in [4.69, 9.17) is 0 Å². The molecule has 2 fully saturated rings. The van der Waals surface area contributed by atoms with Crippen LogP contribution in [0.5, 0.6) is 0 Å². The number of halogens is 1. The first-order chi connectivity index (χ1) is 9.75. The van der Waals surface area contributed by atoms with E-state index in [0.717, 1.165) is 25.0 Å². The summed E-state index contributed by atoms with van der Waals surface area (Å²) in [5.41, 5.74) is 0.437. The highest BCUT2D eigenvalue weighted by atomic mass is 19.1. The minimum atomic E-state index is -0.682. The molecule has 3 unspecified atom stereocenters. The van der Waals surface area contributed by atoms with Gasteiger partial charge in [0.15, 0.2) is 0 Å². The smallest absolute Gasteiger partial charge is 0.128 e. The first-order valence-electron chi connectivity index (χ1n) is 7.92. The van der Waals surface area contributed by atoms with Crippen LogP contribution in [0.15, 0.2) is 24.3 Å². The van der Waals surface area contributed by atoms with Gasteiger partial charge in [-0.05, 0) is 44.2 Å². The van der Waals surface area contributed by atoms with Gasteiger partial charge in [-0.15, -0.1) is 0 Å². The van der Waals surface area contributed by atoms with Crippen molar-refractivity contribution >= 4 is 0 Å². The van der Waals surface area contributed by atoms with Crippen molar-refractivity contribution in [1.82, 2.24) is 4.90 Å². The molecule has 1 heterocycles. The molecule has 0 amide bonds. The van der Waals surface area contributed by atoms with Crippen molar-refractivity contribution in [3.63, 3.8) is 0 Å². The molecule has 110 valence electrons. The summed E-state index contributed by atoms with van der Waals surface area (Å²) in [6.45, 7) is 2.04. The molecule has 1 saturated carbocycles. The van der Waals surface area contributed by atoms with Gasteiger partial charge < -0.3 is 5.11 Å². The van der Waals surface area contributed by atoms with E-state index in [9.17, 15) is 9.50 Å². The molecule has 1 N–H and O–H groups in total. The number of aliphatic hydroxyl groups is 1. The van der Waals surface area contributed by atoms with Gasteiger partial charge in [-0.25, -0.2) is 4.39 Å². The van der Waals surface area contributed by atoms with Gasteiger partial charge in [-0.1, -0.05) is 31.0 Å². The molecule has 3 rings (SSSR count). The standard InChI is InChI=1S/C17H24FNO/c18-15-7-3-2-6-14(15)17(20)10-12-19-11-9-13-5-1-4-8-16(13)19/h2-3,6-7,13,16-17,20H,1,4-5,8-12H2. The average molecular weight is 277 g/mol. The van der Waals surface area contributed by atoms with Crippen molar-refractivity contribution in [2.24, 2.45) is 5.92 Å². The van der Waals surface area contributed by atoms with E-state index in [1.54, 1.807) is 18.2 Å². The second-order valence-corrected chi connectivity index (χ2v) is 6.26. The van der Waals surface area contributed by atoms with Crippen molar-refractivity contribution in [1.29, 1.82) is 0 Å². The Hall–Kier alpha value is -0.930. The number of rotatable bonds is 4. The van der Waals surface area contributed by atoms with Crippen LogP contribution in [-0.4, -0.2) is 29.1 Å². The molecule has 1 aromatic rings. The predicted molar refractivity (Wildman–Crippen MR) is 77.9 cm³/mol. The summed E-state index contributed by atoms with van der Waals surface area (Å²) < 4.78 is 13.6. The number of nitrogens with zero attached hydrogens (tertiary/aromatic N) is 1. The summed E-state index contributed by atoms with van der Waals surface area (Å²) >= 11 is 0. The van der Waals surface area contributed by atoms with E-state index >= 15 is 0 Å². The maximum Gasteiger partial charge on any atom is 0.128 e. The predicted octanol–water partition coefficient (Wildman–Crippen LogP) is 3.51. The molecule has 1 aromatic carbocycles. The quantitative estimate of drug-likeness (QED) is 0.910. The molecular formula is C17H24FNO. The van der Waals surface area contributed by atoms with Crippen LogP contribution in [0, 0.1) is 11.7 Å². The van der Waals surface area contributed by atoms with Crippen molar-refractivity contribution in [3.8, 4) is 0 Å². The fraction of sp³-hybridized carbons (Fsp3) is 0.647. The van der Waals surface area contributed by atoms with Crippen molar-refractivity contribution in [2.45, 2.75) is 50.7 Å². The Kier molecular flexibility index (Phi) is 4.37. The Morgan fingerprint density at radius 2 is 2.00 bits per heavy atom. The molecule has 20 heavy (non-hydrogen) atoms. The van der Waals surface area contributed by atoms with Gasteiger partial charge >= 0.3 is 0 Å². The van der Waals surface area contributed by atoms with Gasteiger partial charge in [0.2, 0.25) is 0 Å². The summed E-state index contributed by atoms with van der Waals surface area (Å²) in [6.07, 6.45) is 6.65. The van der Waals surface area contributed by atoms with Crippen LogP contribution in [0.2, 0.25) is 0 Å². The van der Waals surface area contributed by atoms with Gasteiger partial charge in [0.25, 0.3) is 0 Å². The summed E-state index contributed by atoms with van der Waals surface area (Å²) in [5, 5.41) is 10.2. The SMILES string of the molecule is OC(CCN1CCC2CCCCC21)c1ccccc1F. The number of hydrogen-bond donors (Lipinski definition) is 1. The molecule has 0 bridgehead atoms. The van der Waals surface area contributed by atoms with Gasteiger partial charge in [0.05, 0.1) is 6.10 Å². The average Bonchev–Trinajstić information content (AvgIpc) is 2.88. The number of hydrogen-bond acceptors (Lipinski definition) is 2. The molecule has 1 saturated heterocycles. The van der Waals surface area contributed by atoms with Crippen LogP contribution in [0.1, 0.15) is 50.2 Å². The summed E-state index contributed by atoms with van der Waals surface area (Å²) in [5.74, 6) is 0.575. The highest BCUT2D eigenvalue weighted by Gasteiger charge is 2.35.